The molecule has 7 nitrogen and oxygen atoms in total. The molecule has 0 saturated carbocycles. The van der Waals surface area contributed by atoms with Crippen molar-refractivity contribution >= 4 is 5.69 Å². The number of benzene rings is 1. The third-order valence-electron chi connectivity index (χ3n) is 2.02. The highest BCUT2D eigenvalue weighted by atomic mass is 16.6. The maximum absolute atomic E-state index is 10.9. The van der Waals surface area contributed by atoms with Crippen molar-refractivity contribution in [2.24, 2.45) is 0 Å². The molecule has 91 valence electrons. The van der Waals surface area contributed by atoms with Crippen LogP contribution in [-0.4, -0.2) is 22.0 Å². The first-order chi connectivity index (χ1) is 8.72. The average Bonchev–Trinajstić information content (AvgIpc) is 2.39. The predicted molar refractivity (Wildman–Crippen MR) is 60.6 cm³/mol. The Bertz CT molecular complexity index is 559. The van der Waals surface area contributed by atoms with Crippen LogP contribution in [0.5, 0.6) is 17.5 Å². The number of nitro groups is 1. The van der Waals surface area contributed by atoms with Crippen LogP contribution in [0.1, 0.15) is 0 Å². The summed E-state index contributed by atoms with van der Waals surface area (Å²) in [5.74, 6) is 0.0673. The Morgan fingerprint density at radius 2 is 2.17 bits per heavy atom. The van der Waals surface area contributed by atoms with E-state index in [4.69, 9.17) is 9.47 Å². The summed E-state index contributed by atoms with van der Waals surface area (Å²) in [6.45, 7) is 0. The third-order valence-corrected chi connectivity index (χ3v) is 2.02. The molecule has 1 radical (unpaired) electrons. The van der Waals surface area contributed by atoms with Gasteiger partial charge in [0.1, 0.15) is 12.1 Å². The van der Waals surface area contributed by atoms with Gasteiger partial charge < -0.3 is 9.47 Å². The monoisotopic (exact) mass is 246 g/mol. The Labute approximate surface area is 102 Å². The van der Waals surface area contributed by atoms with Crippen LogP contribution in [0.15, 0.2) is 30.6 Å². The molecule has 2 rings (SSSR count). The molecular formula is C11H8N3O4. The fourth-order valence-electron chi connectivity index (χ4n) is 1.28. The van der Waals surface area contributed by atoms with E-state index < -0.39 is 10.6 Å². The molecule has 2 aromatic rings. The van der Waals surface area contributed by atoms with E-state index in [1.807, 2.05) is 0 Å². The molecule has 1 aromatic carbocycles. The molecule has 0 N–H and O–H groups in total. The van der Waals surface area contributed by atoms with Gasteiger partial charge in [-0.15, -0.1) is 0 Å². The SMILES string of the molecule is COc1ncnc(Oc2c[c]ccc2)c1[N+](=O)[O-]. The summed E-state index contributed by atoms with van der Waals surface area (Å²) in [6.07, 6.45) is 1.13. The van der Waals surface area contributed by atoms with Gasteiger partial charge >= 0.3 is 17.4 Å². The first kappa shape index (κ1) is 11.8. The number of aromatic nitrogens is 2. The fraction of sp³-hybridized carbons (Fsp3) is 0.0909. The highest BCUT2D eigenvalue weighted by Gasteiger charge is 2.25. The Hall–Kier alpha value is -2.70. The predicted octanol–water partition coefficient (Wildman–Crippen LogP) is 1.99. The van der Waals surface area contributed by atoms with E-state index in [2.05, 4.69) is 16.0 Å². The van der Waals surface area contributed by atoms with Crippen LogP contribution in [0.25, 0.3) is 0 Å². The molecule has 18 heavy (non-hydrogen) atoms. The molecule has 0 aliphatic heterocycles. The fourth-order valence-corrected chi connectivity index (χ4v) is 1.28. The zero-order valence-electron chi connectivity index (χ0n) is 9.36. The lowest BCUT2D eigenvalue weighted by Crippen LogP contribution is -2.01. The minimum Gasteiger partial charge on any atom is -0.476 e. The van der Waals surface area contributed by atoms with E-state index in [0.29, 0.717) is 5.75 Å². The summed E-state index contributed by atoms with van der Waals surface area (Å²) in [4.78, 5) is 17.7. The van der Waals surface area contributed by atoms with Crippen LogP contribution in [0.3, 0.4) is 0 Å². The highest BCUT2D eigenvalue weighted by molar-refractivity contribution is 5.50. The molecule has 7 heteroatoms. The summed E-state index contributed by atoms with van der Waals surface area (Å²) < 4.78 is 10.1. The van der Waals surface area contributed by atoms with Gasteiger partial charge in [0.15, 0.2) is 0 Å². The second-order valence-electron chi connectivity index (χ2n) is 3.14. The quantitative estimate of drug-likeness (QED) is 0.605. The first-order valence-electron chi connectivity index (χ1n) is 4.89. The van der Waals surface area contributed by atoms with E-state index in [1.54, 1.807) is 18.2 Å². The van der Waals surface area contributed by atoms with Crippen LogP contribution in [-0.2, 0) is 0 Å². The molecule has 0 amide bonds. The topological polar surface area (TPSA) is 87.4 Å². The minimum atomic E-state index is -0.652. The summed E-state index contributed by atoms with van der Waals surface area (Å²) >= 11 is 0. The second kappa shape index (κ2) is 5.09. The Balaban J connectivity index is 2.42. The smallest absolute Gasteiger partial charge is 0.392 e. The Morgan fingerprint density at radius 1 is 1.39 bits per heavy atom. The van der Waals surface area contributed by atoms with Gasteiger partial charge in [-0.05, 0) is 18.2 Å². The zero-order chi connectivity index (χ0) is 13.0. The number of rotatable bonds is 4. The lowest BCUT2D eigenvalue weighted by molar-refractivity contribution is -0.387. The normalized spacial score (nSPS) is 9.83. The molecule has 1 heterocycles. The molecule has 0 aliphatic rings. The lowest BCUT2D eigenvalue weighted by atomic mass is 10.3. The highest BCUT2D eigenvalue weighted by Crippen LogP contribution is 2.34. The molecule has 1 aromatic heterocycles. The van der Waals surface area contributed by atoms with Gasteiger partial charge in [0.2, 0.25) is 0 Å². The van der Waals surface area contributed by atoms with E-state index in [-0.39, 0.29) is 11.8 Å². The van der Waals surface area contributed by atoms with Crippen molar-refractivity contribution in [1.29, 1.82) is 0 Å². The molecule has 0 spiro atoms. The molecule has 0 unspecified atom stereocenters. The maximum atomic E-state index is 10.9. The summed E-state index contributed by atoms with van der Waals surface area (Å²) in [5, 5.41) is 10.9. The second-order valence-corrected chi connectivity index (χ2v) is 3.14. The van der Waals surface area contributed by atoms with Crippen molar-refractivity contribution in [2.75, 3.05) is 7.11 Å². The van der Waals surface area contributed by atoms with Gasteiger partial charge in [-0.3, -0.25) is 10.1 Å². The molecule has 0 atom stereocenters. The molecule has 0 saturated heterocycles. The van der Waals surface area contributed by atoms with E-state index in [1.165, 1.54) is 13.2 Å². The van der Waals surface area contributed by atoms with Crippen molar-refractivity contribution in [3.8, 4) is 17.5 Å². The number of nitrogens with zero attached hydrogens (tertiary/aromatic N) is 3. The van der Waals surface area contributed by atoms with Crippen molar-refractivity contribution in [3.05, 3.63) is 46.8 Å². The van der Waals surface area contributed by atoms with Crippen molar-refractivity contribution in [3.63, 3.8) is 0 Å². The van der Waals surface area contributed by atoms with Crippen LogP contribution < -0.4 is 9.47 Å². The first-order valence-corrected chi connectivity index (χ1v) is 4.89. The number of hydrogen-bond donors (Lipinski definition) is 0. The Morgan fingerprint density at radius 3 is 2.78 bits per heavy atom. The van der Waals surface area contributed by atoms with Crippen LogP contribution in [0, 0.1) is 16.2 Å². The van der Waals surface area contributed by atoms with Crippen molar-refractivity contribution in [1.82, 2.24) is 9.97 Å². The van der Waals surface area contributed by atoms with E-state index in [9.17, 15) is 10.1 Å². The van der Waals surface area contributed by atoms with E-state index in [0.717, 1.165) is 6.33 Å². The zero-order valence-corrected chi connectivity index (χ0v) is 9.36. The Kier molecular flexibility index (Phi) is 3.33. The van der Waals surface area contributed by atoms with Gasteiger partial charge in [-0.1, -0.05) is 12.1 Å². The summed E-state index contributed by atoms with van der Waals surface area (Å²) in [7, 11) is 1.29. The van der Waals surface area contributed by atoms with Crippen LogP contribution in [0.4, 0.5) is 5.69 Å². The van der Waals surface area contributed by atoms with Gasteiger partial charge in [-0.2, -0.15) is 9.97 Å². The number of ether oxygens (including phenoxy) is 2. The van der Waals surface area contributed by atoms with Crippen LogP contribution >= 0.6 is 0 Å². The minimum absolute atomic E-state index is 0.148. The molecule has 0 bridgehead atoms. The maximum Gasteiger partial charge on any atom is 0.392 e. The largest absolute Gasteiger partial charge is 0.476 e. The standard InChI is InChI=1S/C11H8N3O4/c1-17-10-9(14(15)16)11(13-7-12-10)18-8-5-3-2-4-6-8/h2-3,5-7H,1H3. The third kappa shape index (κ3) is 2.34. The number of methoxy groups -OCH3 is 1. The molecule has 0 fully saturated rings. The molecule has 0 aliphatic carbocycles. The summed E-state index contributed by atoms with van der Waals surface area (Å²) in [5.41, 5.74) is -0.413. The molecular weight excluding hydrogens is 238 g/mol. The van der Waals surface area contributed by atoms with Crippen molar-refractivity contribution < 1.29 is 14.4 Å². The van der Waals surface area contributed by atoms with Crippen LogP contribution in [0.2, 0.25) is 0 Å². The van der Waals surface area contributed by atoms with Gasteiger partial charge in [0.25, 0.3) is 0 Å². The van der Waals surface area contributed by atoms with Gasteiger partial charge in [-0.25, -0.2) is 0 Å². The average molecular weight is 246 g/mol. The summed E-state index contributed by atoms with van der Waals surface area (Å²) in [6, 6.07) is 9.34. The van der Waals surface area contributed by atoms with Gasteiger partial charge in [0, 0.05) is 0 Å². The number of hydrogen-bond acceptors (Lipinski definition) is 6. The van der Waals surface area contributed by atoms with E-state index >= 15 is 0 Å². The van der Waals surface area contributed by atoms with Crippen molar-refractivity contribution in [2.45, 2.75) is 0 Å². The lowest BCUT2D eigenvalue weighted by Gasteiger charge is -2.06. The van der Waals surface area contributed by atoms with Gasteiger partial charge in [0.05, 0.1) is 12.0 Å².